The Morgan fingerprint density at radius 1 is 1.11 bits per heavy atom. The van der Waals surface area contributed by atoms with Crippen LogP contribution in [-0.2, 0) is 14.3 Å². The Labute approximate surface area is 164 Å². The van der Waals surface area contributed by atoms with Crippen LogP contribution in [0.25, 0.3) is 0 Å². The summed E-state index contributed by atoms with van der Waals surface area (Å²) in [6.45, 7) is 5.41. The van der Waals surface area contributed by atoms with Crippen molar-refractivity contribution in [1.82, 2.24) is 0 Å². The SMILES string of the molecule is CC(=O)C[C@H]1[C@@H](C(=O)OC(C#N)c2cccc(Oc3ccccc3)c2)C1(C)C. The third-order valence-electron chi connectivity index (χ3n) is 5.30. The zero-order valence-corrected chi connectivity index (χ0v) is 16.2. The van der Waals surface area contributed by atoms with Gasteiger partial charge in [-0.3, -0.25) is 4.79 Å². The van der Waals surface area contributed by atoms with Crippen LogP contribution in [0.2, 0.25) is 0 Å². The smallest absolute Gasteiger partial charge is 0.311 e. The fraction of sp³-hybridized carbons (Fsp3) is 0.348. The Morgan fingerprint density at radius 3 is 2.43 bits per heavy atom. The molecule has 0 aliphatic heterocycles. The van der Waals surface area contributed by atoms with Crippen LogP contribution in [0.4, 0.5) is 0 Å². The van der Waals surface area contributed by atoms with E-state index < -0.39 is 12.1 Å². The largest absolute Gasteiger partial charge is 0.457 e. The number of Topliss-reactive ketones (excluding diaryl/α,β-unsaturated/α-hetero) is 1. The average molecular weight is 377 g/mol. The van der Waals surface area contributed by atoms with Gasteiger partial charge in [-0.05, 0) is 42.5 Å². The van der Waals surface area contributed by atoms with Gasteiger partial charge in [0, 0.05) is 12.0 Å². The minimum Gasteiger partial charge on any atom is -0.457 e. The Kier molecular flexibility index (Phi) is 5.51. The summed E-state index contributed by atoms with van der Waals surface area (Å²) in [4.78, 5) is 24.0. The Bertz CT molecular complexity index is 914. The summed E-state index contributed by atoms with van der Waals surface area (Å²) in [7, 11) is 0. The number of hydrogen-bond acceptors (Lipinski definition) is 5. The molecule has 1 aliphatic carbocycles. The molecule has 0 bridgehead atoms. The number of ketones is 1. The minimum absolute atomic E-state index is 0.0374. The van der Waals surface area contributed by atoms with Crippen LogP contribution in [0.5, 0.6) is 11.5 Å². The van der Waals surface area contributed by atoms with Crippen molar-refractivity contribution in [3.05, 3.63) is 60.2 Å². The van der Waals surface area contributed by atoms with Gasteiger partial charge < -0.3 is 14.3 Å². The third-order valence-corrected chi connectivity index (χ3v) is 5.30. The number of para-hydroxylation sites is 1. The molecule has 1 aliphatic rings. The monoisotopic (exact) mass is 377 g/mol. The molecule has 2 aromatic rings. The van der Waals surface area contributed by atoms with Crippen molar-refractivity contribution in [2.75, 3.05) is 0 Å². The lowest BCUT2D eigenvalue weighted by molar-refractivity contribution is -0.149. The van der Waals surface area contributed by atoms with Crippen LogP contribution >= 0.6 is 0 Å². The molecule has 5 nitrogen and oxygen atoms in total. The second kappa shape index (κ2) is 7.85. The van der Waals surface area contributed by atoms with Crippen LogP contribution in [0.15, 0.2) is 54.6 Å². The number of benzene rings is 2. The first-order chi connectivity index (χ1) is 13.3. The molecular weight excluding hydrogens is 354 g/mol. The molecule has 0 spiro atoms. The number of carbonyl (C=O) groups is 2. The van der Waals surface area contributed by atoms with E-state index in [1.165, 1.54) is 6.92 Å². The molecule has 3 rings (SSSR count). The third kappa shape index (κ3) is 4.23. The molecule has 0 radical (unpaired) electrons. The highest BCUT2D eigenvalue weighted by atomic mass is 16.5. The van der Waals surface area contributed by atoms with E-state index in [1.807, 2.05) is 50.2 Å². The van der Waals surface area contributed by atoms with Gasteiger partial charge >= 0.3 is 5.97 Å². The van der Waals surface area contributed by atoms with Gasteiger partial charge in [-0.1, -0.05) is 44.2 Å². The number of ether oxygens (including phenoxy) is 2. The fourth-order valence-electron chi connectivity index (χ4n) is 3.63. The van der Waals surface area contributed by atoms with Crippen LogP contribution in [0.3, 0.4) is 0 Å². The summed E-state index contributed by atoms with van der Waals surface area (Å²) in [6, 6.07) is 18.3. The topological polar surface area (TPSA) is 76.4 Å². The first-order valence-electron chi connectivity index (χ1n) is 9.25. The number of carbonyl (C=O) groups excluding carboxylic acids is 2. The van der Waals surface area contributed by atoms with Gasteiger partial charge in [0.05, 0.1) is 5.92 Å². The molecule has 144 valence electrons. The maximum Gasteiger partial charge on any atom is 0.311 e. The van der Waals surface area contributed by atoms with Gasteiger partial charge in [0.2, 0.25) is 6.10 Å². The maximum absolute atomic E-state index is 12.6. The quantitative estimate of drug-likeness (QED) is 0.646. The van der Waals surface area contributed by atoms with Crippen molar-refractivity contribution in [2.24, 2.45) is 17.3 Å². The molecule has 3 atom stereocenters. The molecule has 0 aromatic heterocycles. The Balaban J connectivity index is 1.70. The fourth-order valence-corrected chi connectivity index (χ4v) is 3.63. The van der Waals surface area contributed by atoms with Crippen molar-refractivity contribution >= 4 is 11.8 Å². The lowest BCUT2D eigenvalue weighted by Gasteiger charge is -2.13. The van der Waals surface area contributed by atoms with Gasteiger partial charge in [-0.25, -0.2) is 0 Å². The van der Waals surface area contributed by atoms with E-state index in [4.69, 9.17) is 9.47 Å². The molecule has 1 unspecified atom stereocenters. The summed E-state index contributed by atoms with van der Waals surface area (Å²) >= 11 is 0. The molecular formula is C23H23NO4. The van der Waals surface area contributed by atoms with E-state index in [2.05, 4.69) is 0 Å². The maximum atomic E-state index is 12.6. The van der Waals surface area contributed by atoms with Gasteiger partial charge in [0.15, 0.2) is 0 Å². The highest BCUT2D eigenvalue weighted by Gasteiger charge is 2.62. The first kappa shape index (κ1) is 19.6. The van der Waals surface area contributed by atoms with E-state index in [9.17, 15) is 14.9 Å². The normalized spacial score (nSPS) is 20.5. The van der Waals surface area contributed by atoms with E-state index in [1.54, 1.807) is 24.3 Å². The van der Waals surface area contributed by atoms with E-state index >= 15 is 0 Å². The summed E-state index contributed by atoms with van der Waals surface area (Å²) in [5, 5.41) is 9.53. The second-order valence-corrected chi connectivity index (χ2v) is 7.75. The number of hydrogen-bond donors (Lipinski definition) is 0. The van der Waals surface area contributed by atoms with Crippen molar-refractivity contribution < 1.29 is 19.1 Å². The van der Waals surface area contributed by atoms with Crippen LogP contribution in [0, 0.1) is 28.6 Å². The van der Waals surface area contributed by atoms with Crippen molar-refractivity contribution in [1.29, 1.82) is 5.26 Å². The lowest BCUT2D eigenvalue weighted by atomic mass is 10.1. The molecule has 5 heteroatoms. The predicted molar refractivity (Wildman–Crippen MR) is 103 cm³/mol. The number of rotatable bonds is 7. The zero-order valence-electron chi connectivity index (χ0n) is 16.2. The van der Waals surface area contributed by atoms with Gasteiger partial charge in [-0.2, -0.15) is 5.26 Å². The highest BCUT2D eigenvalue weighted by molar-refractivity contribution is 5.82. The van der Waals surface area contributed by atoms with Gasteiger partial charge in [-0.15, -0.1) is 0 Å². The molecule has 0 heterocycles. The molecule has 0 N–H and O–H groups in total. The molecule has 0 saturated heterocycles. The van der Waals surface area contributed by atoms with Crippen molar-refractivity contribution in [2.45, 2.75) is 33.3 Å². The van der Waals surface area contributed by atoms with Crippen LogP contribution in [0.1, 0.15) is 38.9 Å². The Hall–Kier alpha value is -3.13. The molecule has 28 heavy (non-hydrogen) atoms. The minimum atomic E-state index is -1.03. The number of esters is 1. The van der Waals surface area contributed by atoms with E-state index in [0.717, 1.165) is 0 Å². The number of nitrogens with zero attached hydrogens (tertiary/aromatic N) is 1. The highest BCUT2D eigenvalue weighted by Crippen LogP contribution is 2.60. The Morgan fingerprint density at radius 2 is 1.79 bits per heavy atom. The molecule has 1 fully saturated rings. The summed E-state index contributed by atoms with van der Waals surface area (Å²) in [6.07, 6.45) is -0.675. The first-order valence-corrected chi connectivity index (χ1v) is 9.25. The summed E-state index contributed by atoms with van der Waals surface area (Å²) in [5.74, 6) is 0.451. The number of nitriles is 1. The van der Waals surface area contributed by atoms with Gasteiger partial charge in [0.1, 0.15) is 23.4 Å². The zero-order chi connectivity index (χ0) is 20.3. The lowest BCUT2D eigenvalue weighted by Crippen LogP contribution is -2.14. The van der Waals surface area contributed by atoms with E-state index in [-0.39, 0.29) is 23.0 Å². The second-order valence-electron chi connectivity index (χ2n) is 7.75. The summed E-state index contributed by atoms with van der Waals surface area (Å²) < 4.78 is 11.3. The molecule has 2 aromatic carbocycles. The van der Waals surface area contributed by atoms with Gasteiger partial charge in [0.25, 0.3) is 0 Å². The predicted octanol–water partition coefficient (Wildman–Crippen LogP) is 4.84. The van der Waals surface area contributed by atoms with Crippen molar-refractivity contribution in [3.63, 3.8) is 0 Å². The van der Waals surface area contributed by atoms with Crippen LogP contribution in [-0.4, -0.2) is 11.8 Å². The molecule has 0 amide bonds. The standard InChI is InChI=1S/C23H23NO4/c1-15(25)12-19-21(23(19,2)3)22(26)28-20(14-24)16-8-7-11-18(13-16)27-17-9-5-4-6-10-17/h4-11,13,19-21H,12H2,1-3H3/t19-,20?,21-/m0/s1. The average Bonchev–Trinajstić information content (AvgIpc) is 3.20. The summed E-state index contributed by atoms with van der Waals surface area (Å²) in [5.41, 5.74) is 0.256. The van der Waals surface area contributed by atoms with Crippen LogP contribution < -0.4 is 4.74 Å². The van der Waals surface area contributed by atoms with E-state index in [0.29, 0.717) is 23.5 Å². The van der Waals surface area contributed by atoms with Crippen molar-refractivity contribution in [3.8, 4) is 17.6 Å². The molecule has 1 saturated carbocycles.